The van der Waals surface area contributed by atoms with Gasteiger partial charge in [0.1, 0.15) is 0 Å². The summed E-state index contributed by atoms with van der Waals surface area (Å²) in [6, 6.07) is -0.140. The molecule has 0 amide bonds. The van der Waals surface area contributed by atoms with Crippen molar-refractivity contribution in [2.75, 3.05) is 7.11 Å². The van der Waals surface area contributed by atoms with E-state index in [1.165, 1.54) is 0 Å². The van der Waals surface area contributed by atoms with Gasteiger partial charge in [-0.05, 0) is 26.2 Å². The summed E-state index contributed by atoms with van der Waals surface area (Å²) in [5.74, 6) is 0. The van der Waals surface area contributed by atoms with Crippen LogP contribution in [0.1, 0.15) is 30.5 Å². The van der Waals surface area contributed by atoms with E-state index in [1.807, 2.05) is 0 Å². The van der Waals surface area contributed by atoms with Crippen LogP contribution in [0.2, 0.25) is 0 Å². The van der Waals surface area contributed by atoms with Gasteiger partial charge in [-0.3, -0.25) is 5.10 Å². The number of aromatic nitrogens is 2. The number of aliphatic hydroxyl groups excluding tert-OH is 1. The van der Waals surface area contributed by atoms with Crippen LogP contribution in [0.5, 0.6) is 0 Å². The standard InChI is InChI=1S/C11H19N3O4S/c1-7-10(6-15)11(13-12-7)19(16,17)14-8-3-4-9(5-8)18-2/h8-9,14-15H,3-6H2,1-2H3,(H,12,13). The first-order chi connectivity index (χ1) is 8.97. The molecule has 3 N–H and O–H groups in total. The minimum absolute atomic E-state index is 0.103. The third-order valence-electron chi connectivity index (χ3n) is 3.49. The first kappa shape index (κ1) is 14.4. The largest absolute Gasteiger partial charge is 0.392 e. The second-order valence-corrected chi connectivity index (χ2v) is 6.41. The van der Waals surface area contributed by atoms with Crippen LogP contribution < -0.4 is 4.72 Å². The van der Waals surface area contributed by atoms with Gasteiger partial charge in [0.2, 0.25) is 0 Å². The molecule has 2 atom stereocenters. The molecule has 1 fully saturated rings. The molecule has 0 aliphatic heterocycles. The molecule has 19 heavy (non-hydrogen) atoms. The summed E-state index contributed by atoms with van der Waals surface area (Å²) < 4.78 is 32.3. The lowest BCUT2D eigenvalue weighted by Crippen LogP contribution is -2.34. The molecule has 8 heteroatoms. The number of rotatable bonds is 5. The molecule has 0 bridgehead atoms. The van der Waals surface area contributed by atoms with Gasteiger partial charge < -0.3 is 9.84 Å². The number of nitrogens with zero attached hydrogens (tertiary/aromatic N) is 1. The highest BCUT2D eigenvalue weighted by Gasteiger charge is 2.31. The predicted molar refractivity (Wildman–Crippen MR) is 68.0 cm³/mol. The Hall–Kier alpha value is -0.960. The highest BCUT2D eigenvalue weighted by molar-refractivity contribution is 7.89. The minimum Gasteiger partial charge on any atom is -0.392 e. The highest BCUT2D eigenvalue weighted by atomic mass is 32.2. The molecule has 1 saturated carbocycles. The van der Waals surface area contributed by atoms with E-state index in [1.54, 1.807) is 14.0 Å². The van der Waals surface area contributed by atoms with Crippen molar-refractivity contribution in [3.63, 3.8) is 0 Å². The number of aliphatic hydroxyl groups is 1. The second-order valence-electron chi connectivity index (χ2n) is 4.78. The van der Waals surface area contributed by atoms with Gasteiger partial charge in [-0.25, -0.2) is 13.1 Å². The molecule has 0 saturated heterocycles. The Morgan fingerprint density at radius 2 is 2.26 bits per heavy atom. The fourth-order valence-electron chi connectivity index (χ4n) is 2.37. The van der Waals surface area contributed by atoms with Gasteiger partial charge >= 0.3 is 0 Å². The summed E-state index contributed by atoms with van der Waals surface area (Å²) in [5, 5.41) is 15.5. The van der Waals surface area contributed by atoms with Crippen LogP contribution in [-0.2, 0) is 21.4 Å². The summed E-state index contributed by atoms with van der Waals surface area (Å²) >= 11 is 0. The topological polar surface area (TPSA) is 104 Å². The Morgan fingerprint density at radius 3 is 2.84 bits per heavy atom. The molecule has 2 unspecified atom stereocenters. The van der Waals surface area contributed by atoms with Gasteiger partial charge in [0, 0.05) is 24.4 Å². The van der Waals surface area contributed by atoms with E-state index in [0.717, 1.165) is 12.8 Å². The van der Waals surface area contributed by atoms with Gasteiger partial charge in [0.25, 0.3) is 10.0 Å². The van der Waals surface area contributed by atoms with Crippen LogP contribution in [0.4, 0.5) is 0 Å². The molecule has 1 aliphatic carbocycles. The van der Waals surface area contributed by atoms with Gasteiger partial charge in [-0.15, -0.1) is 0 Å². The monoisotopic (exact) mass is 289 g/mol. The van der Waals surface area contributed by atoms with Gasteiger partial charge in [0.15, 0.2) is 5.03 Å². The number of aromatic amines is 1. The predicted octanol–water partition coefficient (Wildman–Crippen LogP) is 0.0562. The van der Waals surface area contributed by atoms with Gasteiger partial charge in [0.05, 0.1) is 12.7 Å². The SMILES string of the molecule is COC1CCC(NS(=O)(=O)c2n[nH]c(C)c2CO)C1. The van der Waals surface area contributed by atoms with Gasteiger partial charge in [-0.1, -0.05) is 0 Å². The maximum atomic E-state index is 12.2. The first-order valence-corrected chi connectivity index (χ1v) is 7.66. The number of nitrogens with one attached hydrogen (secondary N) is 2. The van der Waals surface area contributed by atoms with Crippen LogP contribution in [0, 0.1) is 6.92 Å². The zero-order chi connectivity index (χ0) is 14.0. The van der Waals surface area contributed by atoms with Gasteiger partial charge in [-0.2, -0.15) is 5.10 Å². The first-order valence-electron chi connectivity index (χ1n) is 6.17. The fraction of sp³-hybridized carbons (Fsp3) is 0.727. The van der Waals surface area contributed by atoms with E-state index < -0.39 is 10.0 Å². The molecule has 0 radical (unpaired) electrons. The number of H-pyrrole nitrogens is 1. The summed E-state index contributed by atoms with van der Waals surface area (Å²) in [5.41, 5.74) is 0.873. The van der Waals surface area contributed by atoms with E-state index in [0.29, 0.717) is 17.7 Å². The zero-order valence-electron chi connectivity index (χ0n) is 11.0. The highest BCUT2D eigenvalue weighted by Crippen LogP contribution is 2.24. The normalized spacial score (nSPS) is 23.9. The Kier molecular flexibility index (Phi) is 4.24. The Labute approximate surface area is 112 Å². The Morgan fingerprint density at radius 1 is 1.53 bits per heavy atom. The number of ether oxygens (including phenoxy) is 1. The summed E-state index contributed by atoms with van der Waals surface area (Å²) in [6.07, 6.45) is 2.35. The average molecular weight is 289 g/mol. The number of aryl methyl sites for hydroxylation is 1. The van der Waals surface area contributed by atoms with E-state index >= 15 is 0 Å². The van der Waals surface area contributed by atoms with Crippen LogP contribution in [-0.4, -0.2) is 43.0 Å². The van der Waals surface area contributed by atoms with Crippen LogP contribution in [0.3, 0.4) is 0 Å². The van der Waals surface area contributed by atoms with Crippen molar-refractivity contribution in [1.82, 2.24) is 14.9 Å². The third kappa shape index (κ3) is 2.97. The average Bonchev–Trinajstić information content (AvgIpc) is 2.95. The van der Waals surface area contributed by atoms with E-state index in [2.05, 4.69) is 14.9 Å². The van der Waals surface area contributed by atoms with Crippen molar-refractivity contribution in [2.45, 2.75) is 50.0 Å². The number of hydrogen-bond donors (Lipinski definition) is 3. The quantitative estimate of drug-likeness (QED) is 0.711. The van der Waals surface area contributed by atoms with Crippen molar-refractivity contribution in [3.8, 4) is 0 Å². The van der Waals surface area contributed by atoms with E-state index in [-0.39, 0.29) is 23.8 Å². The lowest BCUT2D eigenvalue weighted by molar-refractivity contribution is 0.107. The van der Waals surface area contributed by atoms with Crippen molar-refractivity contribution in [2.24, 2.45) is 0 Å². The molecule has 0 aromatic carbocycles. The minimum atomic E-state index is -3.71. The smallest absolute Gasteiger partial charge is 0.260 e. The van der Waals surface area contributed by atoms with E-state index in [4.69, 9.17) is 4.74 Å². The molecule has 0 spiro atoms. The van der Waals surface area contributed by atoms with Crippen molar-refractivity contribution < 1.29 is 18.3 Å². The molecule has 1 aliphatic rings. The fourth-order valence-corrected chi connectivity index (χ4v) is 3.85. The zero-order valence-corrected chi connectivity index (χ0v) is 11.8. The number of hydrogen-bond acceptors (Lipinski definition) is 5. The number of methoxy groups -OCH3 is 1. The molecule has 108 valence electrons. The maximum absolute atomic E-state index is 12.2. The molecule has 1 aromatic heterocycles. The lowest BCUT2D eigenvalue weighted by Gasteiger charge is -2.12. The lowest BCUT2D eigenvalue weighted by atomic mass is 10.3. The number of sulfonamides is 1. The Bertz CT molecular complexity index is 540. The molecular weight excluding hydrogens is 270 g/mol. The summed E-state index contributed by atoms with van der Waals surface area (Å²) in [7, 11) is -2.08. The van der Waals surface area contributed by atoms with Crippen molar-refractivity contribution >= 4 is 10.0 Å². The molecule has 7 nitrogen and oxygen atoms in total. The molecule has 1 aromatic rings. The maximum Gasteiger partial charge on any atom is 0.260 e. The Balaban J connectivity index is 2.14. The van der Waals surface area contributed by atoms with Crippen LogP contribution >= 0.6 is 0 Å². The molecule has 1 heterocycles. The molecule has 2 rings (SSSR count). The van der Waals surface area contributed by atoms with Crippen molar-refractivity contribution in [1.29, 1.82) is 0 Å². The second kappa shape index (κ2) is 5.58. The van der Waals surface area contributed by atoms with Crippen LogP contribution in [0.25, 0.3) is 0 Å². The molecular formula is C11H19N3O4S. The summed E-state index contributed by atoms with van der Waals surface area (Å²) in [4.78, 5) is 0. The third-order valence-corrected chi connectivity index (χ3v) is 4.98. The van der Waals surface area contributed by atoms with Crippen molar-refractivity contribution in [3.05, 3.63) is 11.3 Å². The summed E-state index contributed by atoms with van der Waals surface area (Å²) in [6.45, 7) is 1.32. The van der Waals surface area contributed by atoms with Crippen LogP contribution in [0.15, 0.2) is 5.03 Å². The van der Waals surface area contributed by atoms with E-state index in [9.17, 15) is 13.5 Å².